The highest BCUT2D eigenvalue weighted by Gasteiger charge is 2.23. The summed E-state index contributed by atoms with van der Waals surface area (Å²) in [5, 5.41) is 9.58. The molecule has 0 aromatic heterocycles. The van der Waals surface area contributed by atoms with Gasteiger partial charge in [-0.15, -0.1) is 0 Å². The minimum Gasteiger partial charge on any atom is -0.478 e. The van der Waals surface area contributed by atoms with Crippen LogP contribution in [0.1, 0.15) is 68.6 Å². The molecule has 3 nitrogen and oxygen atoms in total. The molecule has 0 unspecified atom stereocenters. The summed E-state index contributed by atoms with van der Waals surface area (Å²) in [7, 11) is 0. The molecule has 0 bridgehead atoms. The summed E-state index contributed by atoms with van der Waals surface area (Å²) < 4.78 is 12.4. The Labute approximate surface area is 218 Å². The maximum Gasteiger partial charge on any atom is 0.335 e. The van der Waals surface area contributed by atoms with Crippen LogP contribution in [0.15, 0.2) is 66.2 Å². The Hall–Kier alpha value is -3.50. The minimum atomic E-state index is -0.878. The zero-order chi connectivity index (χ0) is 25.4. The number of nitrogens with zero attached hydrogens (tertiary/aromatic N) is 1. The molecule has 0 radical (unpaired) electrons. The molecule has 1 heterocycles. The van der Waals surface area contributed by atoms with Crippen molar-refractivity contribution in [1.82, 2.24) is 4.90 Å². The third-order valence-corrected chi connectivity index (χ3v) is 8.05. The maximum atomic E-state index is 12.4. The van der Waals surface area contributed by atoms with Crippen molar-refractivity contribution in [2.24, 2.45) is 0 Å². The number of carboxylic acids is 1. The van der Waals surface area contributed by atoms with Gasteiger partial charge in [0.15, 0.2) is 0 Å². The lowest BCUT2D eigenvalue weighted by atomic mass is 9.82. The first-order valence-corrected chi connectivity index (χ1v) is 13.4. The highest BCUT2D eigenvalue weighted by Crippen LogP contribution is 2.41. The van der Waals surface area contributed by atoms with Crippen molar-refractivity contribution in [1.29, 1.82) is 0 Å². The molecular weight excluding hydrogens is 461 g/mol. The van der Waals surface area contributed by atoms with Gasteiger partial charge in [-0.2, -0.15) is 0 Å². The number of fused-ring (bicyclic) bond motifs is 2. The lowest BCUT2D eigenvalue weighted by Crippen LogP contribution is -2.40. The Morgan fingerprint density at radius 3 is 2.35 bits per heavy atom. The summed E-state index contributed by atoms with van der Waals surface area (Å²) in [6, 6.07) is 21.3. The highest BCUT2D eigenvalue weighted by molar-refractivity contribution is 6.01. The van der Waals surface area contributed by atoms with Crippen molar-refractivity contribution in [3.63, 3.8) is 0 Å². The Balaban J connectivity index is 1.38. The Bertz CT molecular complexity index is 1410. The fraction of sp³-hybridized carbons (Fsp3) is 0.303. The smallest absolute Gasteiger partial charge is 0.335 e. The number of allylic oxidation sites excluding steroid dienone is 1. The standard InChI is InChI=1S/C33H32FNO2/c34-15-2-16-35-20-23(21-35)17-22-5-7-25(8-6-22)32-30(28-12-10-24-9-11-26(24)18-28)4-1-3-27-19-29(33(36)37)13-14-31(27)32/h5-8,10,12-14,17-19H,1-4,9,11,15-16,20-21H2,(H,36,37). The maximum absolute atomic E-state index is 12.4. The van der Waals surface area contributed by atoms with Gasteiger partial charge in [0.25, 0.3) is 0 Å². The van der Waals surface area contributed by atoms with E-state index in [-0.39, 0.29) is 6.67 Å². The number of aromatic carboxylic acids is 1. The van der Waals surface area contributed by atoms with Crippen LogP contribution >= 0.6 is 0 Å². The van der Waals surface area contributed by atoms with Crippen molar-refractivity contribution >= 4 is 23.2 Å². The summed E-state index contributed by atoms with van der Waals surface area (Å²) in [5.41, 5.74) is 13.1. The molecule has 1 fully saturated rings. The van der Waals surface area contributed by atoms with Crippen LogP contribution in [0, 0.1) is 0 Å². The molecule has 0 saturated carbocycles. The van der Waals surface area contributed by atoms with Crippen molar-refractivity contribution in [3.05, 3.63) is 111 Å². The molecule has 3 aliphatic rings. The van der Waals surface area contributed by atoms with Crippen LogP contribution in [0.4, 0.5) is 4.39 Å². The molecule has 1 saturated heterocycles. The van der Waals surface area contributed by atoms with E-state index in [0.717, 1.165) is 56.4 Å². The van der Waals surface area contributed by atoms with Crippen molar-refractivity contribution in [2.45, 2.75) is 38.5 Å². The topological polar surface area (TPSA) is 40.5 Å². The van der Waals surface area contributed by atoms with Gasteiger partial charge in [0, 0.05) is 19.6 Å². The molecule has 4 heteroatoms. The van der Waals surface area contributed by atoms with Crippen LogP contribution in [-0.4, -0.2) is 42.3 Å². The van der Waals surface area contributed by atoms with Crippen LogP contribution in [0.2, 0.25) is 0 Å². The summed E-state index contributed by atoms with van der Waals surface area (Å²) in [6.07, 6.45) is 8.02. The zero-order valence-corrected chi connectivity index (χ0v) is 21.1. The number of benzene rings is 3. The van der Waals surface area contributed by atoms with E-state index in [1.54, 1.807) is 6.07 Å². The molecule has 0 amide bonds. The monoisotopic (exact) mass is 493 g/mol. The highest BCUT2D eigenvalue weighted by atomic mass is 19.1. The number of alkyl halides is 1. The predicted octanol–water partition coefficient (Wildman–Crippen LogP) is 6.84. The second kappa shape index (κ2) is 10.1. The molecule has 3 aromatic rings. The summed E-state index contributed by atoms with van der Waals surface area (Å²) in [5.74, 6) is -0.878. The second-order valence-electron chi connectivity index (χ2n) is 10.5. The molecule has 0 spiro atoms. The van der Waals surface area contributed by atoms with E-state index < -0.39 is 5.97 Å². The van der Waals surface area contributed by atoms with Crippen LogP contribution in [0.25, 0.3) is 17.2 Å². The number of aryl methyl sites for hydroxylation is 3. The van der Waals surface area contributed by atoms with Gasteiger partial charge in [-0.25, -0.2) is 4.79 Å². The molecule has 3 aromatic carbocycles. The number of carbonyl (C=O) groups is 1. The summed E-state index contributed by atoms with van der Waals surface area (Å²) in [6.45, 7) is 2.43. The number of likely N-dealkylation sites (tertiary alicyclic amines) is 1. The van der Waals surface area contributed by atoms with E-state index in [1.807, 2.05) is 12.1 Å². The van der Waals surface area contributed by atoms with Gasteiger partial charge in [0.2, 0.25) is 0 Å². The lowest BCUT2D eigenvalue weighted by Gasteiger charge is -2.33. The van der Waals surface area contributed by atoms with Gasteiger partial charge in [-0.05, 0) is 106 Å². The SMILES string of the molecule is O=C(O)c1ccc2c(c1)CCCC(c1ccc3c(c1)CC3)=C2c1ccc(C=C2CN(CCCF)C2)cc1. The first kappa shape index (κ1) is 23.9. The van der Waals surface area contributed by atoms with Crippen molar-refractivity contribution in [2.75, 3.05) is 26.3 Å². The average molecular weight is 494 g/mol. The largest absolute Gasteiger partial charge is 0.478 e. The number of hydrogen-bond donors (Lipinski definition) is 1. The number of carboxylic acid groups (broad SMARTS) is 1. The third-order valence-electron chi connectivity index (χ3n) is 8.05. The van der Waals surface area contributed by atoms with E-state index in [4.69, 9.17) is 0 Å². The molecule has 188 valence electrons. The van der Waals surface area contributed by atoms with Crippen LogP contribution in [0.3, 0.4) is 0 Å². The average Bonchev–Trinajstić information content (AvgIpc) is 3.05. The summed E-state index contributed by atoms with van der Waals surface area (Å²) in [4.78, 5) is 14.0. The first-order chi connectivity index (χ1) is 18.1. The van der Waals surface area contributed by atoms with E-state index in [1.165, 1.54) is 51.0 Å². The van der Waals surface area contributed by atoms with Gasteiger partial charge in [0.1, 0.15) is 0 Å². The lowest BCUT2D eigenvalue weighted by molar-refractivity contribution is 0.0696. The van der Waals surface area contributed by atoms with Gasteiger partial charge in [-0.3, -0.25) is 9.29 Å². The number of hydrogen-bond acceptors (Lipinski definition) is 2. The van der Waals surface area contributed by atoms with Gasteiger partial charge in [0.05, 0.1) is 12.2 Å². The Morgan fingerprint density at radius 2 is 1.65 bits per heavy atom. The Morgan fingerprint density at radius 1 is 0.865 bits per heavy atom. The van der Waals surface area contributed by atoms with E-state index in [9.17, 15) is 14.3 Å². The molecular formula is C33H32FNO2. The quantitative estimate of drug-likeness (QED) is 0.392. The molecule has 2 aliphatic carbocycles. The minimum absolute atomic E-state index is 0.249. The Kier molecular flexibility index (Phi) is 6.52. The number of halogens is 1. The molecule has 6 rings (SSSR count). The van der Waals surface area contributed by atoms with E-state index in [2.05, 4.69) is 53.4 Å². The van der Waals surface area contributed by atoms with Crippen LogP contribution in [0.5, 0.6) is 0 Å². The normalized spacial score (nSPS) is 16.8. The molecule has 1 N–H and O–H groups in total. The van der Waals surface area contributed by atoms with E-state index >= 15 is 0 Å². The van der Waals surface area contributed by atoms with Crippen LogP contribution in [-0.2, 0) is 19.3 Å². The van der Waals surface area contributed by atoms with Gasteiger partial charge in [-0.1, -0.05) is 54.6 Å². The first-order valence-electron chi connectivity index (χ1n) is 13.4. The fourth-order valence-electron chi connectivity index (χ4n) is 5.96. The van der Waals surface area contributed by atoms with Gasteiger partial charge >= 0.3 is 5.97 Å². The fourth-order valence-corrected chi connectivity index (χ4v) is 5.96. The summed E-state index contributed by atoms with van der Waals surface area (Å²) >= 11 is 0. The molecule has 37 heavy (non-hydrogen) atoms. The van der Waals surface area contributed by atoms with Crippen molar-refractivity contribution in [3.8, 4) is 0 Å². The number of rotatable bonds is 7. The predicted molar refractivity (Wildman–Crippen MR) is 148 cm³/mol. The zero-order valence-electron chi connectivity index (χ0n) is 21.1. The van der Waals surface area contributed by atoms with E-state index in [0.29, 0.717) is 12.0 Å². The van der Waals surface area contributed by atoms with Crippen LogP contribution < -0.4 is 0 Å². The second-order valence-corrected chi connectivity index (χ2v) is 10.5. The third kappa shape index (κ3) is 4.78. The van der Waals surface area contributed by atoms with Gasteiger partial charge < -0.3 is 5.11 Å². The molecule has 1 aliphatic heterocycles. The van der Waals surface area contributed by atoms with Crippen molar-refractivity contribution < 1.29 is 14.3 Å². The molecule has 0 atom stereocenters.